The van der Waals surface area contributed by atoms with Crippen molar-refractivity contribution in [1.29, 1.82) is 0 Å². The van der Waals surface area contributed by atoms with E-state index in [4.69, 9.17) is 0 Å². The molecule has 0 spiro atoms. The molecule has 0 radical (unpaired) electrons. The molecule has 1 saturated heterocycles. The fourth-order valence-corrected chi connectivity index (χ4v) is 2.91. The van der Waals surface area contributed by atoms with Gasteiger partial charge in [0.15, 0.2) is 0 Å². The molecule has 6 heteroatoms. The molecule has 1 aromatic carbocycles. The Labute approximate surface area is 135 Å². The molecule has 2 heterocycles. The van der Waals surface area contributed by atoms with Gasteiger partial charge in [-0.2, -0.15) is 5.10 Å². The van der Waals surface area contributed by atoms with Crippen LogP contribution in [0, 0.1) is 0 Å². The Kier molecular flexibility index (Phi) is 4.14. The molecule has 1 unspecified atom stereocenters. The van der Waals surface area contributed by atoms with Gasteiger partial charge in [0, 0.05) is 38.6 Å². The van der Waals surface area contributed by atoms with E-state index in [0.29, 0.717) is 12.1 Å². The molecule has 1 fully saturated rings. The Morgan fingerprint density at radius 2 is 1.96 bits per heavy atom. The number of hydrogen-bond donors (Lipinski definition) is 0. The van der Waals surface area contributed by atoms with Gasteiger partial charge in [-0.25, -0.2) is 4.68 Å². The minimum atomic E-state index is -0.344. The number of carbonyl (C=O) groups is 2. The zero-order valence-corrected chi connectivity index (χ0v) is 13.3. The highest BCUT2D eigenvalue weighted by molar-refractivity contribution is 5.98. The number of likely N-dealkylation sites (tertiary alicyclic amines) is 1. The second kappa shape index (κ2) is 6.24. The molecule has 0 N–H and O–H groups in total. The van der Waals surface area contributed by atoms with E-state index in [2.05, 4.69) is 5.10 Å². The minimum Gasteiger partial charge on any atom is -0.347 e. The van der Waals surface area contributed by atoms with Crippen molar-refractivity contribution in [3.8, 4) is 5.69 Å². The molecule has 1 aliphatic heterocycles. The van der Waals surface area contributed by atoms with E-state index in [1.54, 1.807) is 46.9 Å². The number of hydrogen-bond acceptors (Lipinski definition) is 3. The molecule has 1 aliphatic rings. The van der Waals surface area contributed by atoms with Crippen LogP contribution < -0.4 is 0 Å². The number of rotatable bonds is 3. The van der Waals surface area contributed by atoms with Gasteiger partial charge in [0.05, 0.1) is 5.69 Å². The fourth-order valence-electron chi connectivity index (χ4n) is 2.91. The van der Waals surface area contributed by atoms with Crippen molar-refractivity contribution in [2.75, 3.05) is 20.6 Å². The summed E-state index contributed by atoms with van der Waals surface area (Å²) in [5.41, 5.74) is 1.49. The molecular formula is C17H20N4O2. The van der Waals surface area contributed by atoms with E-state index in [1.807, 2.05) is 24.4 Å². The molecule has 1 aromatic heterocycles. The number of carbonyl (C=O) groups excluding carboxylic acids is 2. The van der Waals surface area contributed by atoms with E-state index in [9.17, 15) is 9.59 Å². The smallest absolute Gasteiger partial charge is 0.254 e. The summed E-state index contributed by atoms with van der Waals surface area (Å²) in [5, 5.41) is 4.16. The second-order valence-corrected chi connectivity index (χ2v) is 5.89. The van der Waals surface area contributed by atoms with Crippen LogP contribution in [-0.4, -0.2) is 58.1 Å². The summed E-state index contributed by atoms with van der Waals surface area (Å²) < 4.78 is 1.74. The van der Waals surface area contributed by atoms with Crippen molar-refractivity contribution in [1.82, 2.24) is 19.6 Å². The number of amides is 2. The van der Waals surface area contributed by atoms with Crippen molar-refractivity contribution >= 4 is 11.8 Å². The van der Waals surface area contributed by atoms with Gasteiger partial charge in [-0.1, -0.05) is 0 Å². The van der Waals surface area contributed by atoms with Gasteiger partial charge in [0.25, 0.3) is 5.91 Å². The zero-order valence-electron chi connectivity index (χ0n) is 13.3. The minimum absolute atomic E-state index is 0.0102. The highest BCUT2D eigenvalue weighted by Gasteiger charge is 2.35. The monoisotopic (exact) mass is 312 g/mol. The van der Waals surface area contributed by atoms with Crippen LogP contribution in [0.4, 0.5) is 0 Å². The number of nitrogens with zero attached hydrogens (tertiary/aromatic N) is 4. The third-order valence-electron chi connectivity index (χ3n) is 4.12. The van der Waals surface area contributed by atoms with Crippen LogP contribution in [0.1, 0.15) is 23.2 Å². The fraction of sp³-hybridized carbons (Fsp3) is 0.353. The van der Waals surface area contributed by atoms with Gasteiger partial charge in [-0.15, -0.1) is 0 Å². The quantitative estimate of drug-likeness (QED) is 0.864. The molecule has 2 amide bonds. The Hall–Kier alpha value is -2.63. The van der Waals surface area contributed by atoms with E-state index in [0.717, 1.165) is 18.5 Å². The van der Waals surface area contributed by atoms with Crippen LogP contribution in [0.3, 0.4) is 0 Å². The predicted octanol–water partition coefficient (Wildman–Crippen LogP) is 1.57. The Morgan fingerprint density at radius 1 is 1.22 bits per heavy atom. The van der Waals surface area contributed by atoms with Gasteiger partial charge < -0.3 is 9.80 Å². The van der Waals surface area contributed by atoms with E-state index < -0.39 is 0 Å². The Morgan fingerprint density at radius 3 is 2.57 bits per heavy atom. The third kappa shape index (κ3) is 2.97. The van der Waals surface area contributed by atoms with Gasteiger partial charge in [0.1, 0.15) is 6.04 Å². The van der Waals surface area contributed by atoms with E-state index in [1.165, 1.54) is 0 Å². The molecule has 23 heavy (non-hydrogen) atoms. The van der Waals surface area contributed by atoms with Gasteiger partial charge >= 0.3 is 0 Å². The zero-order chi connectivity index (χ0) is 16.4. The summed E-state index contributed by atoms with van der Waals surface area (Å²) in [6, 6.07) is 8.80. The SMILES string of the molecule is CN(C)C(=O)C1CCCN1C(=O)c1ccc(-n2cccn2)cc1. The first-order valence-electron chi connectivity index (χ1n) is 7.70. The summed E-state index contributed by atoms with van der Waals surface area (Å²) in [4.78, 5) is 28.2. The molecule has 3 rings (SSSR count). The maximum absolute atomic E-state index is 12.7. The summed E-state index contributed by atoms with van der Waals surface area (Å²) in [7, 11) is 3.45. The molecule has 2 aromatic rings. The van der Waals surface area contributed by atoms with Crippen LogP contribution >= 0.6 is 0 Å². The number of likely N-dealkylation sites (N-methyl/N-ethyl adjacent to an activating group) is 1. The van der Waals surface area contributed by atoms with Crippen molar-refractivity contribution in [2.45, 2.75) is 18.9 Å². The highest BCUT2D eigenvalue weighted by atomic mass is 16.2. The lowest BCUT2D eigenvalue weighted by molar-refractivity contribution is -0.132. The van der Waals surface area contributed by atoms with Gasteiger partial charge in [-0.3, -0.25) is 9.59 Å². The largest absolute Gasteiger partial charge is 0.347 e. The lowest BCUT2D eigenvalue weighted by atomic mass is 10.1. The summed E-state index contributed by atoms with van der Waals surface area (Å²) in [6.45, 7) is 0.629. The highest BCUT2D eigenvalue weighted by Crippen LogP contribution is 2.22. The van der Waals surface area contributed by atoms with E-state index >= 15 is 0 Å². The molecule has 0 aliphatic carbocycles. The molecule has 1 atom stereocenters. The molecular weight excluding hydrogens is 292 g/mol. The molecule has 120 valence electrons. The Balaban J connectivity index is 1.78. The lowest BCUT2D eigenvalue weighted by Gasteiger charge is -2.26. The van der Waals surface area contributed by atoms with E-state index in [-0.39, 0.29) is 17.9 Å². The van der Waals surface area contributed by atoms with Crippen LogP contribution in [0.25, 0.3) is 5.69 Å². The standard InChI is InChI=1S/C17H20N4O2/c1-19(2)17(23)15-5-3-11-20(15)16(22)13-6-8-14(9-7-13)21-12-4-10-18-21/h4,6-10,12,15H,3,5,11H2,1-2H3. The number of aromatic nitrogens is 2. The average molecular weight is 312 g/mol. The first-order chi connectivity index (χ1) is 11.1. The summed E-state index contributed by atoms with van der Waals surface area (Å²) in [6.07, 6.45) is 5.15. The normalized spacial score (nSPS) is 17.3. The topological polar surface area (TPSA) is 58.4 Å². The van der Waals surface area contributed by atoms with Crippen LogP contribution in [0.15, 0.2) is 42.7 Å². The van der Waals surface area contributed by atoms with Gasteiger partial charge in [0.2, 0.25) is 5.91 Å². The lowest BCUT2D eigenvalue weighted by Crippen LogP contribution is -2.45. The molecule has 6 nitrogen and oxygen atoms in total. The summed E-state index contributed by atoms with van der Waals surface area (Å²) in [5.74, 6) is -0.0984. The maximum atomic E-state index is 12.7. The second-order valence-electron chi connectivity index (χ2n) is 5.89. The molecule has 0 bridgehead atoms. The summed E-state index contributed by atoms with van der Waals surface area (Å²) >= 11 is 0. The third-order valence-corrected chi connectivity index (χ3v) is 4.12. The Bertz CT molecular complexity index is 692. The van der Waals surface area contributed by atoms with Crippen molar-refractivity contribution in [3.05, 3.63) is 48.3 Å². The average Bonchev–Trinajstić information content (AvgIpc) is 3.25. The predicted molar refractivity (Wildman–Crippen MR) is 86.3 cm³/mol. The number of benzene rings is 1. The van der Waals surface area contributed by atoms with Crippen LogP contribution in [0.2, 0.25) is 0 Å². The van der Waals surface area contributed by atoms with Crippen LogP contribution in [0.5, 0.6) is 0 Å². The first-order valence-corrected chi connectivity index (χ1v) is 7.70. The van der Waals surface area contributed by atoms with Crippen molar-refractivity contribution in [3.63, 3.8) is 0 Å². The van der Waals surface area contributed by atoms with Crippen molar-refractivity contribution in [2.24, 2.45) is 0 Å². The first kappa shape index (κ1) is 15.3. The van der Waals surface area contributed by atoms with Crippen molar-refractivity contribution < 1.29 is 9.59 Å². The van der Waals surface area contributed by atoms with Crippen LogP contribution in [-0.2, 0) is 4.79 Å². The maximum Gasteiger partial charge on any atom is 0.254 e. The molecule has 0 saturated carbocycles. The van der Waals surface area contributed by atoms with Gasteiger partial charge in [-0.05, 0) is 43.2 Å².